The third kappa shape index (κ3) is 5.88. The Hall–Kier alpha value is -2.07. The van der Waals surface area contributed by atoms with Crippen LogP contribution in [-0.4, -0.2) is 53.2 Å². The lowest BCUT2D eigenvalue weighted by molar-refractivity contribution is -0.142. The van der Waals surface area contributed by atoms with E-state index in [-0.39, 0.29) is 24.6 Å². The largest absolute Gasteiger partial charge is 0.480 e. The van der Waals surface area contributed by atoms with Crippen molar-refractivity contribution in [2.45, 2.75) is 19.9 Å². The molecular formula is C12H19N3O4. The van der Waals surface area contributed by atoms with Gasteiger partial charge in [0.2, 0.25) is 0 Å². The second-order valence-corrected chi connectivity index (χ2v) is 4.39. The summed E-state index contributed by atoms with van der Waals surface area (Å²) in [5.41, 5.74) is -0.206. The van der Waals surface area contributed by atoms with Crippen LogP contribution >= 0.6 is 0 Å². The Balaban J connectivity index is 4.87. The van der Waals surface area contributed by atoms with Gasteiger partial charge in [0.1, 0.15) is 17.7 Å². The van der Waals surface area contributed by atoms with Crippen LogP contribution in [0.3, 0.4) is 0 Å². The van der Waals surface area contributed by atoms with E-state index in [1.165, 1.54) is 11.1 Å². The van der Waals surface area contributed by atoms with E-state index in [2.05, 4.69) is 5.32 Å². The Kier molecular flexibility index (Phi) is 7.22. The van der Waals surface area contributed by atoms with Crippen molar-refractivity contribution in [3.8, 4) is 6.07 Å². The highest BCUT2D eigenvalue weighted by Gasteiger charge is 2.24. The van der Waals surface area contributed by atoms with Crippen molar-refractivity contribution in [3.05, 3.63) is 11.8 Å². The third-order valence-corrected chi connectivity index (χ3v) is 2.39. The van der Waals surface area contributed by atoms with E-state index >= 15 is 0 Å². The van der Waals surface area contributed by atoms with Crippen molar-refractivity contribution < 1.29 is 19.8 Å². The van der Waals surface area contributed by atoms with Crippen molar-refractivity contribution >= 4 is 11.9 Å². The van der Waals surface area contributed by atoms with Gasteiger partial charge in [-0.1, -0.05) is 13.8 Å². The molecule has 0 aromatic carbocycles. The number of amides is 1. The molecule has 7 heteroatoms. The van der Waals surface area contributed by atoms with Gasteiger partial charge in [0.15, 0.2) is 0 Å². The Morgan fingerprint density at radius 1 is 1.47 bits per heavy atom. The number of nitrogens with one attached hydrogen (secondary N) is 1. The fraction of sp³-hybridized carbons (Fsp3) is 0.583. The van der Waals surface area contributed by atoms with Gasteiger partial charge in [-0.05, 0) is 5.92 Å². The van der Waals surface area contributed by atoms with Gasteiger partial charge in [0, 0.05) is 19.8 Å². The molecule has 0 aliphatic heterocycles. The number of nitrogens with zero attached hydrogens (tertiary/aromatic N) is 2. The van der Waals surface area contributed by atoms with Gasteiger partial charge >= 0.3 is 5.97 Å². The summed E-state index contributed by atoms with van der Waals surface area (Å²) in [6, 6.07) is 0.658. The normalized spacial score (nSPS) is 12.7. The maximum atomic E-state index is 11.8. The highest BCUT2D eigenvalue weighted by Crippen LogP contribution is 2.04. The standard InChI is InChI=1S/C12H19N3O4/c1-8(2)10(12(18)19)14-11(17)9(6-13)7-15(3)4-5-16/h7-8,10,16H,4-5H2,1-3H3,(H,14,17)(H,18,19)/b9-7-. The summed E-state index contributed by atoms with van der Waals surface area (Å²) in [5, 5.41) is 28.9. The van der Waals surface area contributed by atoms with Crippen molar-refractivity contribution in [2.24, 2.45) is 5.92 Å². The minimum atomic E-state index is -1.15. The number of aliphatic hydroxyl groups excluding tert-OH is 1. The quantitative estimate of drug-likeness (QED) is 0.426. The molecule has 0 bridgehead atoms. The van der Waals surface area contributed by atoms with Gasteiger partial charge in [0.25, 0.3) is 5.91 Å². The molecule has 0 aromatic rings. The van der Waals surface area contributed by atoms with Gasteiger partial charge in [-0.2, -0.15) is 5.26 Å². The maximum Gasteiger partial charge on any atom is 0.326 e. The second kappa shape index (κ2) is 8.11. The van der Waals surface area contributed by atoms with Crippen LogP contribution < -0.4 is 5.32 Å². The first-order valence-electron chi connectivity index (χ1n) is 5.80. The number of likely N-dealkylation sites (N-methyl/N-ethyl adjacent to an activating group) is 1. The number of carbonyl (C=O) groups excluding carboxylic acids is 1. The summed E-state index contributed by atoms with van der Waals surface area (Å²) in [4.78, 5) is 24.2. The molecule has 0 aliphatic rings. The summed E-state index contributed by atoms with van der Waals surface area (Å²) in [6.45, 7) is 3.47. The lowest BCUT2D eigenvalue weighted by atomic mass is 10.0. The van der Waals surface area contributed by atoms with Crippen molar-refractivity contribution in [1.82, 2.24) is 10.2 Å². The van der Waals surface area contributed by atoms with Crippen LogP contribution in [-0.2, 0) is 9.59 Å². The van der Waals surface area contributed by atoms with Gasteiger partial charge < -0.3 is 20.4 Å². The van der Waals surface area contributed by atoms with Gasteiger partial charge in [-0.3, -0.25) is 4.79 Å². The number of hydrogen-bond acceptors (Lipinski definition) is 5. The van der Waals surface area contributed by atoms with Crippen LogP contribution in [0.25, 0.3) is 0 Å². The summed E-state index contributed by atoms with van der Waals surface area (Å²) in [6.07, 6.45) is 1.27. The smallest absolute Gasteiger partial charge is 0.326 e. The zero-order valence-corrected chi connectivity index (χ0v) is 11.3. The molecule has 0 fully saturated rings. The van der Waals surface area contributed by atoms with Crippen molar-refractivity contribution in [2.75, 3.05) is 20.2 Å². The average Bonchev–Trinajstić information content (AvgIpc) is 2.32. The zero-order chi connectivity index (χ0) is 15.0. The molecule has 0 saturated carbocycles. The molecule has 0 rings (SSSR count). The van der Waals surface area contributed by atoms with Crippen LogP contribution in [0.1, 0.15) is 13.8 Å². The minimum absolute atomic E-state index is 0.114. The number of hydrogen-bond donors (Lipinski definition) is 3. The molecule has 1 unspecified atom stereocenters. The SMILES string of the molecule is CC(C)C(NC(=O)/C(C#N)=C\N(C)CCO)C(=O)O. The summed E-state index contributed by atoms with van der Waals surface area (Å²) >= 11 is 0. The third-order valence-electron chi connectivity index (χ3n) is 2.39. The molecule has 1 amide bonds. The Morgan fingerprint density at radius 2 is 2.05 bits per heavy atom. The van der Waals surface area contributed by atoms with Gasteiger partial charge in [-0.15, -0.1) is 0 Å². The van der Waals surface area contributed by atoms with Crippen molar-refractivity contribution in [1.29, 1.82) is 5.26 Å². The highest BCUT2D eigenvalue weighted by molar-refractivity contribution is 5.99. The van der Waals surface area contributed by atoms with E-state index in [9.17, 15) is 9.59 Å². The molecule has 3 N–H and O–H groups in total. The number of nitriles is 1. The predicted molar refractivity (Wildman–Crippen MR) is 67.8 cm³/mol. The van der Waals surface area contributed by atoms with E-state index in [1.807, 2.05) is 0 Å². The molecule has 7 nitrogen and oxygen atoms in total. The predicted octanol–water partition coefficient (Wildman–Crippen LogP) is -0.457. The van der Waals surface area contributed by atoms with E-state index in [0.29, 0.717) is 0 Å². The van der Waals surface area contributed by atoms with Crippen LogP contribution in [0.5, 0.6) is 0 Å². The summed E-state index contributed by atoms with van der Waals surface area (Å²) < 4.78 is 0. The molecule has 0 aromatic heterocycles. The molecular weight excluding hydrogens is 250 g/mol. The van der Waals surface area contributed by atoms with Crippen molar-refractivity contribution in [3.63, 3.8) is 0 Å². The Bertz CT molecular complexity index is 398. The topological polar surface area (TPSA) is 114 Å². The monoisotopic (exact) mass is 269 g/mol. The van der Waals surface area contributed by atoms with Crippen LogP contribution in [0.2, 0.25) is 0 Å². The summed E-state index contributed by atoms with van der Waals surface area (Å²) in [5.74, 6) is -2.19. The number of carbonyl (C=O) groups is 2. The molecule has 106 valence electrons. The number of aliphatic carboxylic acids is 1. The van der Waals surface area contributed by atoms with Crippen LogP contribution in [0.15, 0.2) is 11.8 Å². The number of aliphatic hydroxyl groups is 1. The fourth-order valence-corrected chi connectivity index (χ4v) is 1.31. The minimum Gasteiger partial charge on any atom is -0.480 e. The number of rotatable bonds is 7. The lowest BCUT2D eigenvalue weighted by Gasteiger charge is -2.18. The first-order valence-corrected chi connectivity index (χ1v) is 5.80. The molecule has 19 heavy (non-hydrogen) atoms. The molecule has 0 spiro atoms. The molecule has 0 aliphatic carbocycles. The molecule has 0 saturated heterocycles. The zero-order valence-electron chi connectivity index (χ0n) is 11.3. The van der Waals surface area contributed by atoms with E-state index in [1.54, 1.807) is 27.0 Å². The lowest BCUT2D eigenvalue weighted by Crippen LogP contribution is -2.44. The fourth-order valence-electron chi connectivity index (χ4n) is 1.31. The van der Waals surface area contributed by atoms with E-state index in [0.717, 1.165) is 0 Å². The van der Waals surface area contributed by atoms with Crippen LogP contribution in [0, 0.1) is 17.2 Å². The summed E-state index contributed by atoms with van der Waals surface area (Å²) in [7, 11) is 1.60. The highest BCUT2D eigenvalue weighted by atomic mass is 16.4. The molecule has 1 atom stereocenters. The second-order valence-electron chi connectivity index (χ2n) is 4.39. The van der Waals surface area contributed by atoms with E-state index in [4.69, 9.17) is 15.5 Å². The Labute approximate surface area is 112 Å². The van der Waals surface area contributed by atoms with Crippen LogP contribution in [0.4, 0.5) is 0 Å². The van der Waals surface area contributed by atoms with E-state index < -0.39 is 17.9 Å². The first kappa shape index (κ1) is 16.9. The van der Waals surface area contributed by atoms with Gasteiger partial charge in [0.05, 0.1) is 6.61 Å². The number of carboxylic acids is 1. The first-order chi connectivity index (χ1) is 8.83. The molecule has 0 radical (unpaired) electrons. The Morgan fingerprint density at radius 3 is 2.42 bits per heavy atom. The maximum absolute atomic E-state index is 11.8. The number of carboxylic acid groups (broad SMARTS) is 1. The van der Waals surface area contributed by atoms with Gasteiger partial charge in [-0.25, -0.2) is 4.79 Å². The average molecular weight is 269 g/mol. The molecule has 0 heterocycles.